The predicted molar refractivity (Wildman–Crippen MR) is 266 cm³/mol. The van der Waals surface area contributed by atoms with Gasteiger partial charge in [-0.15, -0.1) is 0 Å². The van der Waals surface area contributed by atoms with Crippen LogP contribution in [0.4, 0.5) is 0 Å². The van der Waals surface area contributed by atoms with Gasteiger partial charge in [0.1, 0.15) is 0 Å². The molecule has 0 radical (unpaired) electrons. The lowest BCUT2D eigenvalue weighted by atomic mass is 9.88. The van der Waals surface area contributed by atoms with E-state index in [0.717, 1.165) is 44.3 Å². The number of nitrogens with zero attached hydrogens (tertiary/aromatic N) is 3. The summed E-state index contributed by atoms with van der Waals surface area (Å²) in [5.74, 6) is 0. The number of para-hydroxylation sites is 2. The molecule has 2 heterocycles. The Morgan fingerprint density at radius 1 is 0.302 bits per heavy atom. The van der Waals surface area contributed by atoms with Gasteiger partial charge in [0.05, 0.1) is 34.0 Å². The van der Waals surface area contributed by atoms with Gasteiger partial charge in [-0.25, -0.2) is 4.98 Å². The van der Waals surface area contributed by atoms with Crippen molar-refractivity contribution in [2.75, 3.05) is 0 Å². The van der Waals surface area contributed by atoms with Crippen molar-refractivity contribution < 1.29 is 0 Å². The van der Waals surface area contributed by atoms with Crippen LogP contribution in [0.5, 0.6) is 0 Å². The van der Waals surface area contributed by atoms with E-state index in [1.807, 2.05) is 6.20 Å². The molecule has 0 spiro atoms. The second-order valence-corrected chi connectivity index (χ2v) is 16.5. The third-order valence-electron chi connectivity index (χ3n) is 13.0. The van der Waals surface area contributed by atoms with Gasteiger partial charge in [-0.2, -0.15) is 0 Å². The molecule has 0 saturated heterocycles. The number of fused-ring (bicyclic) bond motifs is 11. The summed E-state index contributed by atoms with van der Waals surface area (Å²) in [6.45, 7) is 0. The summed E-state index contributed by atoms with van der Waals surface area (Å²) in [6, 6.07) is 79.2. The van der Waals surface area contributed by atoms with E-state index in [9.17, 15) is 0 Å². The molecule has 13 aromatic rings. The molecule has 3 heteroatoms. The van der Waals surface area contributed by atoms with Crippen molar-refractivity contribution in [2.45, 2.75) is 0 Å². The van der Waals surface area contributed by atoms with Crippen LogP contribution in [0.15, 0.2) is 225 Å². The number of aromatic nitrogens is 3. The molecule has 0 aliphatic rings. The standard InChI is InChI=1S/C60H37N3/c1-2-18-43(19-3-1)63-57-28-13-12-25-51(57)52-30-29-38(36-58(52)63)42-34-39-15-4-5-20-44(39)55(35-42)50-32-31-45(46-21-6-7-22-47(46)50)40-16-14-17-41(33-40)56-37-61-59-53-26-10-8-23-48(53)49-24-9-11-27-54(49)60(59)62-56/h1-37H. The van der Waals surface area contributed by atoms with Crippen LogP contribution in [-0.2, 0) is 0 Å². The minimum atomic E-state index is 0.858. The predicted octanol–water partition coefficient (Wildman–Crippen LogP) is 16.0. The third-order valence-corrected chi connectivity index (χ3v) is 13.0. The monoisotopic (exact) mass is 799 g/mol. The van der Waals surface area contributed by atoms with E-state index >= 15 is 0 Å². The van der Waals surface area contributed by atoms with E-state index < -0.39 is 0 Å². The fraction of sp³-hybridized carbons (Fsp3) is 0. The molecular weight excluding hydrogens is 763 g/mol. The molecule has 3 nitrogen and oxygen atoms in total. The molecular formula is C60H37N3. The maximum atomic E-state index is 5.32. The molecule has 0 aliphatic heterocycles. The van der Waals surface area contributed by atoms with Gasteiger partial charge in [0.2, 0.25) is 0 Å². The summed E-state index contributed by atoms with van der Waals surface area (Å²) >= 11 is 0. The van der Waals surface area contributed by atoms with Crippen LogP contribution in [0, 0.1) is 0 Å². The lowest BCUT2D eigenvalue weighted by Crippen LogP contribution is -1.93. The van der Waals surface area contributed by atoms with Crippen LogP contribution >= 0.6 is 0 Å². The highest BCUT2D eigenvalue weighted by atomic mass is 15.0. The first-order valence-corrected chi connectivity index (χ1v) is 21.6. The summed E-state index contributed by atoms with van der Waals surface area (Å²) in [5.41, 5.74) is 14.4. The third kappa shape index (κ3) is 5.60. The molecule has 0 bridgehead atoms. The summed E-state index contributed by atoms with van der Waals surface area (Å²) in [5, 5.41) is 12.0. The Kier molecular flexibility index (Phi) is 7.91. The molecule has 0 aliphatic carbocycles. The summed E-state index contributed by atoms with van der Waals surface area (Å²) in [4.78, 5) is 10.4. The van der Waals surface area contributed by atoms with Crippen LogP contribution in [0.2, 0.25) is 0 Å². The normalized spacial score (nSPS) is 11.8. The van der Waals surface area contributed by atoms with Crippen LogP contribution in [-0.4, -0.2) is 14.5 Å². The molecule has 63 heavy (non-hydrogen) atoms. The Morgan fingerprint density at radius 2 is 0.905 bits per heavy atom. The lowest BCUT2D eigenvalue weighted by Gasteiger charge is -2.16. The van der Waals surface area contributed by atoms with Gasteiger partial charge in [0.15, 0.2) is 0 Å². The van der Waals surface area contributed by atoms with Gasteiger partial charge >= 0.3 is 0 Å². The van der Waals surface area contributed by atoms with E-state index in [1.54, 1.807) is 0 Å². The molecule has 0 unspecified atom stereocenters. The van der Waals surface area contributed by atoms with E-state index in [1.165, 1.54) is 81.9 Å². The first kappa shape index (κ1) is 35.4. The van der Waals surface area contributed by atoms with Crippen molar-refractivity contribution >= 4 is 75.9 Å². The molecule has 292 valence electrons. The molecule has 11 aromatic carbocycles. The Balaban J connectivity index is 0.951. The Labute approximate surface area is 363 Å². The van der Waals surface area contributed by atoms with Gasteiger partial charge in [0.25, 0.3) is 0 Å². The molecule has 0 N–H and O–H groups in total. The molecule has 13 rings (SSSR count). The minimum absolute atomic E-state index is 0.858. The van der Waals surface area contributed by atoms with Crippen molar-refractivity contribution in [1.29, 1.82) is 0 Å². The lowest BCUT2D eigenvalue weighted by molar-refractivity contribution is 1.18. The van der Waals surface area contributed by atoms with Gasteiger partial charge in [-0.1, -0.05) is 176 Å². The molecule has 0 fully saturated rings. The van der Waals surface area contributed by atoms with Gasteiger partial charge in [-0.05, 0) is 108 Å². The van der Waals surface area contributed by atoms with Crippen molar-refractivity contribution in [3.8, 4) is 50.3 Å². The second kappa shape index (κ2) is 14.1. The number of benzene rings is 11. The fourth-order valence-corrected chi connectivity index (χ4v) is 10.1. The number of rotatable bonds is 5. The minimum Gasteiger partial charge on any atom is -0.309 e. The largest absolute Gasteiger partial charge is 0.309 e. The Morgan fingerprint density at radius 3 is 1.70 bits per heavy atom. The molecule has 0 saturated carbocycles. The quantitative estimate of drug-likeness (QED) is 0.162. The topological polar surface area (TPSA) is 30.7 Å². The number of hydrogen-bond donors (Lipinski definition) is 0. The van der Waals surface area contributed by atoms with Crippen molar-refractivity contribution in [3.05, 3.63) is 225 Å². The van der Waals surface area contributed by atoms with Crippen LogP contribution < -0.4 is 0 Å². The van der Waals surface area contributed by atoms with E-state index in [0.29, 0.717) is 0 Å². The van der Waals surface area contributed by atoms with E-state index in [-0.39, 0.29) is 0 Å². The smallest absolute Gasteiger partial charge is 0.0979 e. The number of hydrogen-bond acceptors (Lipinski definition) is 2. The summed E-state index contributed by atoms with van der Waals surface area (Å²) in [7, 11) is 0. The van der Waals surface area contributed by atoms with E-state index in [2.05, 4.69) is 223 Å². The first-order valence-electron chi connectivity index (χ1n) is 21.6. The molecule has 0 atom stereocenters. The zero-order valence-electron chi connectivity index (χ0n) is 34.2. The SMILES string of the molecule is c1ccc(-n2c3ccccc3c3ccc(-c4cc(-c5ccc(-c6cccc(-c7cnc8c9ccccc9c9ccccc9c8n7)c6)c6ccccc56)c5ccccc5c4)cc32)cc1. The summed E-state index contributed by atoms with van der Waals surface area (Å²) < 4.78 is 2.40. The van der Waals surface area contributed by atoms with Crippen molar-refractivity contribution in [1.82, 2.24) is 14.5 Å². The van der Waals surface area contributed by atoms with Crippen LogP contribution in [0.25, 0.3) is 126 Å². The van der Waals surface area contributed by atoms with Crippen LogP contribution in [0.3, 0.4) is 0 Å². The first-order chi connectivity index (χ1) is 31.2. The average Bonchev–Trinajstić information content (AvgIpc) is 3.69. The average molecular weight is 800 g/mol. The van der Waals surface area contributed by atoms with Crippen molar-refractivity contribution in [2.24, 2.45) is 0 Å². The Hall–Kier alpha value is -8.40. The zero-order chi connectivity index (χ0) is 41.4. The molecule has 2 aromatic heterocycles. The highest BCUT2D eigenvalue weighted by Crippen LogP contribution is 2.43. The Bertz CT molecular complexity index is 3940. The fourth-order valence-electron chi connectivity index (χ4n) is 10.1. The highest BCUT2D eigenvalue weighted by Gasteiger charge is 2.18. The second-order valence-electron chi connectivity index (χ2n) is 16.5. The van der Waals surface area contributed by atoms with Crippen molar-refractivity contribution in [3.63, 3.8) is 0 Å². The van der Waals surface area contributed by atoms with Gasteiger partial charge < -0.3 is 4.57 Å². The zero-order valence-corrected chi connectivity index (χ0v) is 34.2. The maximum absolute atomic E-state index is 5.32. The maximum Gasteiger partial charge on any atom is 0.0979 e. The highest BCUT2D eigenvalue weighted by molar-refractivity contribution is 6.23. The van der Waals surface area contributed by atoms with E-state index in [4.69, 9.17) is 9.97 Å². The molecule has 0 amide bonds. The van der Waals surface area contributed by atoms with Gasteiger partial charge in [0, 0.05) is 32.8 Å². The van der Waals surface area contributed by atoms with Gasteiger partial charge in [-0.3, -0.25) is 4.98 Å². The van der Waals surface area contributed by atoms with Crippen LogP contribution in [0.1, 0.15) is 0 Å². The summed E-state index contributed by atoms with van der Waals surface area (Å²) in [6.07, 6.45) is 1.93.